The monoisotopic (exact) mass is 373 g/mol. The number of rotatable bonds is 5. The Labute approximate surface area is 167 Å². The highest BCUT2D eigenvalue weighted by molar-refractivity contribution is 5.61. The second-order valence-corrected chi connectivity index (χ2v) is 7.38. The maximum absolute atomic E-state index is 4.79. The van der Waals surface area contributed by atoms with Gasteiger partial charge in [0.2, 0.25) is 5.95 Å². The number of piperazine rings is 1. The van der Waals surface area contributed by atoms with Crippen molar-refractivity contribution >= 4 is 17.5 Å². The van der Waals surface area contributed by atoms with Crippen LogP contribution in [0.15, 0.2) is 60.7 Å². The summed E-state index contributed by atoms with van der Waals surface area (Å²) >= 11 is 0. The normalized spacial score (nSPS) is 14.9. The molecule has 0 radical (unpaired) electrons. The van der Waals surface area contributed by atoms with Crippen LogP contribution in [0.2, 0.25) is 0 Å². The molecule has 5 nitrogen and oxygen atoms in total. The first-order chi connectivity index (χ1) is 13.7. The summed E-state index contributed by atoms with van der Waals surface area (Å²) < 4.78 is 0. The van der Waals surface area contributed by atoms with Gasteiger partial charge in [-0.05, 0) is 31.0 Å². The van der Waals surface area contributed by atoms with Gasteiger partial charge in [-0.1, -0.05) is 48.5 Å². The van der Waals surface area contributed by atoms with Gasteiger partial charge in [0.15, 0.2) is 0 Å². The van der Waals surface area contributed by atoms with Gasteiger partial charge >= 0.3 is 0 Å². The van der Waals surface area contributed by atoms with Gasteiger partial charge in [0.25, 0.3) is 0 Å². The highest BCUT2D eigenvalue weighted by Gasteiger charge is 2.20. The van der Waals surface area contributed by atoms with Crippen LogP contribution in [-0.2, 0) is 6.54 Å². The fraction of sp³-hybridized carbons (Fsp3) is 0.304. The van der Waals surface area contributed by atoms with Crippen molar-refractivity contribution in [3.05, 3.63) is 77.5 Å². The Morgan fingerprint density at radius 3 is 2.32 bits per heavy atom. The average Bonchev–Trinajstić information content (AvgIpc) is 2.71. The predicted molar refractivity (Wildman–Crippen MR) is 115 cm³/mol. The Hall–Kier alpha value is -2.92. The molecule has 1 fully saturated rings. The Morgan fingerprint density at radius 2 is 1.57 bits per heavy atom. The van der Waals surface area contributed by atoms with Crippen LogP contribution in [0.3, 0.4) is 0 Å². The van der Waals surface area contributed by atoms with E-state index in [1.54, 1.807) is 0 Å². The molecule has 28 heavy (non-hydrogen) atoms. The summed E-state index contributed by atoms with van der Waals surface area (Å²) in [5, 5.41) is 3.45. The lowest BCUT2D eigenvalue weighted by Gasteiger charge is -2.35. The Morgan fingerprint density at radius 1 is 0.857 bits per heavy atom. The third-order valence-electron chi connectivity index (χ3n) is 5.15. The van der Waals surface area contributed by atoms with Gasteiger partial charge in [-0.2, -0.15) is 4.98 Å². The lowest BCUT2D eigenvalue weighted by molar-refractivity contribution is 0.248. The smallest absolute Gasteiger partial charge is 0.227 e. The summed E-state index contributed by atoms with van der Waals surface area (Å²) in [4.78, 5) is 14.3. The number of nitrogens with one attached hydrogen (secondary N) is 1. The molecule has 2 heterocycles. The van der Waals surface area contributed by atoms with Crippen molar-refractivity contribution in [2.24, 2.45) is 0 Å². The maximum atomic E-state index is 4.79. The Bertz CT molecular complexity index is 917. The molecular formula is C23H27N5. The van der Waals surface area contributed by atoms with E-state index in [-0.39, 0.29) is 0 Å². The number of anilines is 3. The molecule has 1 saturated heterocycles. The van der Waals surface area contributed by atoms with Gasteiger partial charge in [0.1, 0.15) is 5.82 Å². The molecular weight excluding hydrogens is 346 g/mol. The zero-order valence-corrected chi connectivity index (χ0v) is 16.6. The number of hydrogen-bond donors (Lipinski definition) is 1. The topological polar surface area (TPSA) is 44.3 Å². The molecule has 1 aliphatic rings. The van der Waals surface area contributed by atoms with E-state index in [9.17, 15) is 0 Å². The van der Waals surface area contributed by atoms with E-state index in [0.29, 0.717) is 0 Å². The standard InChI is InChI=1S/C23H27N5/c1-18-8-6-7-11-21(18)25-22-16-19(2)24-23(26-22)28-14-12-27(13-15-28)17-20-9-4-3-5-10-20/h3-11,16H,12-15,17H2,1-2H3,(H,24,25,26). The largest absolute Gasteiger partial charge is 0.340 e. The molecule has 0 bridgehead atoms. The number of aromatic nitrogens is 2. The highest BCUT2D eigenvalue weighted by atomic mass is 15.3. The molecule has 0 atom stereocenters. The summed E-state index contributed by atoms with van der Waals surface area (Å²) in [6, 6.07) is 20.9. The fourth-order valence-corrected chi connectivity index (χ4v) is 3.56. The fourth-order valence-electron chi connectivity index (χ4n) is 3.56. The highest BCUT2D eigenvalue weighted by Crippen LogP contribution is 2.22. The van der Waals surface area contributed by atoms with Crippen molar-refractivity contribution in [1.82, 2.24) is 14.9 Å². The molecule has 1 aliphatic heterocycles. The van der Waals surface area contributed by atoms with E-state index >= 15 is 0 Å². The number of benzene rings is 2. The van der Waals surface area contributed by atoms with Crippen molar-refractivity contribution in [3.63, 3.8) is 0 Å². The van der Waals surface area contributed by atoms with Crippen molar-refractivity contribution in [1.29, 1.82) is 0 Å². The van der Waals surface area contributed by atoms with Crippen molar-refractivity contribution in [3.8, 4) is 0 Å². The van der Waals surface area contributed by atoms with Crippen LogP contribution in [-0.4, -0.2) is 41.0 Å². The van der Waals surface area contributed by atoms with E-state index < -0.39 is 0 Å². The summed E-state index contributed by atoms with van der Waals surface area (Å²) in [5.41, 5.74) is 4.63. The van der Waals surface area contributed by atoms with E-state index in [2.05, 4.69) is 69.5 Å². The van der Waals surface area contributed by atoms with Crippen molar-refractivity contribution in [2.45, 2.75) is 20.4 Å². The molecule has 0 spiro atoms. The van der Waals surface area contributed by atoms with E-state index in [0.717, 1.165) is 55.9 Å². The molecule has 2 aromatic carbocycles. The number of para-hydroxylation sites is 1. The molecule has 1 N–H and O–H groups in total. The van der Waals surface area contributed by atoms with Crippen LogP contribution >= 0.6 is 0 Å². The first-order valence-electron chi connectivity index (χ1n) is 9.87. The minimum absolute atomic E-state index is 0.815. The predicted octanol–water partition coefficient (Wildman–Crippen LogP) is 4.16. The quantitative estimate of drug-likeness (QED) is 0.727. The third kappa shape index (κ3) is 4.49. The summed E-state index contributed by atoms with van der Waals surface area (Å²) in [7, 11) is 0. The van der Waals surface area contributed by atoms with Crippen molar-refractivity contribution < 1.29 is 0 Å². The number of hydrogen-bond acceptors (Lipinski definition) is 5. The lowest BCUT2D eigenvalue weighted by Crippen LogP contribution is -2.46. The summed E-state index contributed by atoms with van der Waals surface area (Å²) in [6.07, 6.45) is 0. The Kier molecular flexibility index (Phi) is 5.53. The first kappa shape index (κ1) is 18.4. The van der Waals surface area contributed by atoms with Crippen LogP contribution in [0.5, 0.6) is 0 Å². The van der Waals surface area contributed by atoms with Gasteiger partial charge in [0.05, 0.1) is 0 Å². The summed E-state index contributed by atoms with van der Waals surface area (Å²) in [5.74, 6) is 1.67. The van der Waals surface area contributed by atoms with Crippen LogP contribution < -0.4 is 10.2 Å². The minimum atomic E-state index is 0.815. The number of aryl methyl sites for hydroxylation is 2. The summed E-state index contributed by atoms with van der Waals surface area (Å²) in [6.45, 7) is 9.06. The molecule has 5 heteroatoms. The van der Waals surface area contributed by atoms with Crippen LogP contribution in [0.1, 0.15) is 16.8 Å². The third-order valence-corrected chi connectivity index (χ3v) is 5.15. The second-order valence-electron chi connectivity index (χ2n) is 7.38. The molecule has 3 aromatic rings. The second kappa shape index (κ2) is 8.40. The van der Waals surface area contributed by atoms with Gasteiger partial charge in [-0.3, -0.25) is 4.90 Å². The molecule has 0 aliphatic carbocycles. The SMILES string of the molecule is Cc1cc(Nc2ccccc2C)nc(N2CCN(Cc3ccccc3)CC2)n1. The van der Waals surface area contributed by atoms with E-state index in [1.165, 1.54) is 11.1 Å². The zero-order valence-electron chi connectivity index (χ0n) is 16.6. The Balaban J connectivity index is 1.42. The van der Waals surface area contributed by atoms with E-state index in [4.69, 9.17) is 4.98 Å². The van der Waals surface area contributed by atoms with E-state index in [1.807, 2.05) is 25.1 Å². The van der Waals surface area contributed by atoms with Gasteiger partial charge < -0.3 is 10.2 Å². The molecule has 144 valence electrons. The van der Waals surface area contributed by atoms with Gasteiger partial charge in [0, 0.05) is 50.2 Å². The van der Waals surface area contributed by atoms with Crippen molar-refractivity contribution in [2.75, 3.05) is 36.4 Å². The zero-order chi connectivity index (χ0) is 19.3. The number of nitrogens with zero attached hydrogens (tertiary/aromatic N) is 4. The van der Waals surface area contributed by atoms with Gasteiger partial charge in [-0.25, -0.2) is 4.98 Å². The van der Waals surface area contributed by atoms with Crippen LogP contribution in [0.4, 0.5) is 17.5 Å². The van der Waals surface area contributed by atoms with Crippen LogP contribution in [0.25, 0.3) is 0 Å². The molecule has 0 unspecified atom stereocenters. The minimum Gasteiger partial charge on any atom is -0.340 e. The molecule has 4 rings (SSSR count). The van der Waals surface area contributed by atoms with Crippen LogP contribution in [0, 0.1) is 13.8 Å². The van der Waals surface area contributed by atoms with Gasteiger partial charge in [-0.15, -0.1) is 0 Å². The maximum Gasteiger partial charge on any atom is 0.227 e. The average molecular weight is 374 g/mol. The molecule has 0 saturated carbocycles. The lowest BCUT2D eigenvalue weighted by atomic mass is 10.2. The molecule has 1 aromatic heterocycles. The first-order valence-corrected chi connectivity index (χ1v) is 9.87. The molecule has 0 amide bonds.